The lowest BCUT2D eigenvalue weighted by Crippen LogP contribution is -2.31. The van der Waals surface area contributed by atoms with Crippen LogP contribution in [0.5, 0.6) is 11.5 Å². The minimum absolute atomic E-state index is 0.215. The number of aromatic hydroxyl groups is 1. The summed E-state index contributed by atoms with van der Waals surface area (Å²) in [4.78, 5) is 0. The van der Waals surface area contributed by atoms with Crippen LogP contribution in [0.3, 0.4) is 0 Å². The van der Waals surface area contributed by atoms with Crippen LogP contribution in [-0.4, -0.2) is 23.0 Å². The summed E-state index contributed by atoms with van der Waals surface area (Å²) < 4.78 is 5.64. The molecule has 0 atom stereocenters. The number of halogens is 1. The molecule has 0 unspecified atom stereocenters. The first kappa shape index (κ1) is 20.0. The van der Waals surface area contributed by atoms with Crippen molar-refractivity contribution in [2.45, 2.75) is 26.3 Å². The normalized spacial score (nSPS) is 10.7. The van der Waals surface area contributed by atoms with Crippen LogP contribution in [0.25, 0.3) is 0 Å². The highest BCUT2D eigenvalue weighted by atomic mass is 35.5. The zero-order valence-electron chi connectivity index (χ0n) is 14.5. The van der Waals surface area contributed by atoms with Gasteiger partial charge in [-0.05, 0) is 66.2 Å². The lowest BCUT2D eigenvalue weighted by atomic mass is 10.2. The Morgan fingerprint density at radius 1 is 1.27 bits per heavy atom. The van der Waals surface area contributed by atoms with Crippen molar-refractivity contribution in [3.63, 3.8) is 0 Å². The van der Waals surface area contributed by atoms with Gasteiger partial charge >= 0.3 is 0 Å². The number of rotatable bonds is 8. The van der Waals surface area contributed by atoms with Crippen molar-refractivity contribution in [3.05, 3.63) is 58.6 Å². The molecule has 0 bridgehead atoms. The van der Waals surface area contributed by atoms with Crippen molar-refractivity contribution in [3.8, 4) is 11.5 Å². The van der Waals surface area contributed by atoms with E-state index in [1.54, 1.807) is 30.5 Å². The molecular weight excluding hydrogens is 370 g/mol. The molecule has 0 aliphatic carbocycles. The Hall–Kier alpha value is -2.31. The number of hydrogen-bond donors (Lipinski definition) is 3. The van der Waals surface area contributed by atoms with Crippen LogP contribution in [0, 0.1) is 0 Å². The molecular formula is C19H22ClN3O2S. The quantitative estimate of drug-likeness (QED) is 0.272. The number of nitrogens with one attached hydrogen (secondary N) is 2. The van der Waals surface area contributed by atoms with Gasteiger partial charge in [0.15, 0.2) is 5.11 Å². The Morgan fingerprint density at radius 3 is 2.73 bits per heavy atom. The minimum Gasteiger partial charge on any atom is -0.508 e. The van der Waals surface area contributed by atoms with Crippen LogP contribution in [-0.2, 0) is 6.54 Å². The maximum Gasteiger partial charge on any atom is 0.187 e. The second-order valence-corrected chi connectivity index (χ2v) is 6.43. The first-order valence-electron chi connectivity index (χ1n) is 8.35. The zero-order chi connectivity index (χ0) is 18.8. The molecule has 0 radical (unpaired) electrons. The number of benzene rings is 2. The molecule has 0 aromatic heterocycles. The number of thiocarbonyl (C=S) groups is 1. The average molecular weight is 392 g/mol. The molecule has 0 saturated carbocycles. The molecule has 3 N–H and O–H groups in total. The standard InChI is InChI=1S/C19H22ClN3O2S/c1-2-3-10-25-18-9-6-15(11-17(18)20)12-21-19(26)23-22-13-14-4-7-16(24)8-5-14/h4-9,11,13,24H,2-3,10,12H2,1H3,(H2,21,23,26)/b22-13-. The van der Waals surface area contributed by atoms with Gasteiger partial charge < -0.3 is 15.2 Å². The van der Waals surface area contributed by atoms with Gasteiger partial charge in [-0.2, -0.15) is 5.10 Å². The Balaban J connectivity index is 1.77. The van der Waals surface area contributed by atoms with E-state index >= 15 is 0 Å². The molecule has 0 fully saturated rings. The van der Waals surface area contributed by atoms with Crippen LogP contribution < -0.4 is 15.5 Å². The monoisotopic (exact) mass is 391 g/mol. The van der Waals surface area contributed by atoms with Gasteiger partial charge in [0.05, 0.1) is 17.8 Å². The van der Waals surface area contributed by atoms with Gasteiger partial charge in [-0.15, -0.1) is 0 Å². The van der Waals surface area contributed by atoms with Gasteiger partial charge in [0.1, 0.15) is 11.5 Å². The number of unbranched alkanes of at least 4 members (excludes halogenated alkanes) is 1. The Morgan fingerprint density at radius 2 is 2.04 bits per heavy atom. The number of phenolic OH excluding ortho intramolecular Hbond substituents is 1. The van der Waals surface area contributed by atoms with E-state index in [1.807, 2.05) is 18.2 Å². The fraction of sp³-hybridized carbons (Fsp3) is 0.263. The van der Waals surface area contributed by atoms with E-state index in [0.717, 1.165) is 24.0 Å². The summed E-state index contributed by atoms with van der Waals surface area (Å²) in [6.07, 6.45) is 3.70. The van der Waals surface area contributed by atoms with Crippen LogP contribution in [0.1, 0.15) is 30.9 Å². The molecule has 5 nitrogen and oxygen atoms in total. The molecule has 0 aliphatic rings. The first-order chi connectivity index (χ1) is 12.6. The summed E-state index contributed by atoms with van der Waals surface area (Å²) in [5.41, 5.74) is 4.59. The highest BCUT2D eigenvalue weighted by Crippen LogP contribution is 2.25. The molecule has 2 aromatic rings. The largest absolute Gasteiger partial charge is 0.508 e. The van der Waals surface area contributed by atoms with Crippen molar-refractivity contribution >= 4 is 35.1 Å². The Bertz CT molecular complexity index is 751. The maximum absolute atomic E-state index is 9.23. The van der Waals surface area contributed by atoms with E-state index in [4.69, 9.17) is 28.6 Å². The van der Waals surface area contributed by atoms with Crippen molar-refractivity contribution < 1.29 is 9.84 Å². The van der Waals surface area contributed by atoms with Crippen molar-refractivity contribution in [2.24, 2.45) is 5.10 Å². The number of phenols is 1. The molecule has 138 valence electrons. The fourth-order valence-electron chi connectivity index (χ4n) is 2.05. The second kappa shape index (κ2) is 10.6. The maximum atomic E-state index is 9.23. The topological polar surface area (TPSA) is 65.9 Å². The summed E-state index contributed by atoms with van der Waals surface area (Å²) in [5, 5.41) is 17.3. The average Bonchev–Trinajstić information content (AvgIpc) is 2.63. The molecule has 0 amide bonds. The minimum atomic E-state index is 0.215. The molecule has 2 rings (SSSR count). The highest BCUT2D eigenvalue weighted by molar-refractivity contribution is 7.80. The first-order valence-corrected chi connectivity index (χ1v) is 9.14. The molecule has 2 aromatic carbocycles. The number of nitrogens with zero attached hydrogens (tertiary/aromatic N) is 1. The summed E-state index contributed by atoms with van der Waals surface area (Å²) in [6, 6.07) is 12.4. The molecule has 7 heteroatoms. The van der Waals surface area contributed by atoms with E-state index in [0.29, 0.717) is 29.0 Å². The Labute approximate surface area is 164 Å². The number of ether oxygens (including phenoxy) is 1. The zero-order valence-corrected chi connectivity index (χ0v) is 16.1. The third-order valence-corrected chi connectivity index (χ3v) is 4.01. The molecule has 0 spiro atoms. The molecule has 0 heterocycles. The molecule has 26 heavy (non-hydrogen) atoms. The van der Waals surface area contributed by atoms with Gasteiger partial charge in [-0.3, -0.25) is 5.43 Å². The third kappa shape index (κ3) is 6.90. The smallest absolute Gasteiger partial charge is 0.187 e. The van der Waals surface area contributed by atoms with E-state index in [1.165, 1.54) is 0 Å². The van der Waals surface area contributed by atoms with E-state index in [2.05, 4.69) is 22.8 Å². The number of hydrazone groups is 1. The summed E-state index contributed by atoms with van der Waals surface area (Å²) in [5.74, 6) is 0.913. The highest BCUT2D eigenvalue weighted by Gasteiger charge is 2.04. The molecule has 0 aliphatic heterocycles. The second-order valence-electron chi connectivity index (χ2n) is 5.61. The van der Waals surface area contributed by atoms with E-state index < -0.39 is 0 Å². The van der Waals surface area contributed by atoms with Crippen LogP contribution in [0.4, 0.5) is 0 Å². The summed E-state index contributed by atoms with van der Waals surface area (Å²) >= 11 is 11.4. The van der Waals surface area contributed by atoms with Crippen LogP contribution in [0.15, 0.2) is 47.6 Å². The van der Waals surface area contributed by atoms with Crippen LogP contribution >= 0.6 is 23.8 Å². The lowest BCUT2D eigenvalue weighted by molar-refractivity contribution is 0.309. The van der Waals surface area contributed by atoms with Gasteiger partial charge in [0, 0.05) is 6.54 Å². The summed E-state index contributed by atoms with van der Waals surface area (Å²) in [6.45, 7) is 3.31. The van der Waals surface area contributed by atoms with Gasteiger partial charge in [-0.1, -0.05) is 31.0 Å². The summed E-state index contributed by atoms with van der Waals surface area (Å²) in [7, 11) is 0. The van der Waals surface area contributed by atoms with Gasteiger partial charge in [0.25, 0.3) is 0 Å². The van der Waals surface area contributed by atoms with E-state index in [-0.39, 0.29) is 5.75 Å². The van der Waals surface area contributed by atoms with E-state index in [9.17, 15) is 5.11 Å². The molecule has 0 saturated heterocycles. The third-order valence-electron chi connectivity index (χ3n) is 3.48. The Kier molecular flexibility index (Phi) is 8.18. The number of hydrogen-bond acceptors (Lipinski definition) is 4. The SMILES string of the molecule is CCCCOc1ccc(CNC(=S)N/N=C\c2ccc(O)cc2)cc1Cl. The van der Waals surface area contributed by atoms with Gasteiger partial charge in [0.2, 0.25) is 0 Å². The van der Waals surface area contributed by atoms with Crippen molar-refractivity contribution in [1.82, 2.24) is 10.7 Å². The lowest BCUT2D eigenvalue weighted by Gasteiger charge is -2.10. The predicted octanol–water partition coefficient (Wildman–Crippen LogP) is 4.22. The van der Waals surface area contributed by atoms with Crippen LogP contribution in [0.2, 0.25) is 5.02 Å². The van der Waals surface area contributed by atoms with Crippen molar-refractivity contribution in [1.29, 1.82) is 0 Å². The predicted molar refractivity (Wildman–Crippen MR) is 110 cm³/mol. The van der Waals surface area contributed by atoms with Crippen molar-refractivity contribution in [2.75, 3.05) is 6.61 Å². The van der Waals surface area contributed by atoms with Gasteiger partial charge in [-0.25, -0.2) is 0 Å². The fourth-order valence-corrected chi connectivity index (χ4v) is 2.43.